The van der Waals surface area contributed by atoms with Crippen LogP contribution in [0.25, 0.3) is 0 Å². The molecule has 0 aliphatic rings. The summed E-state index contributed by atoms with van der Waals surface area (Å²) >= 11 is 0. The van der Waals surface area contributed by atoms with E-state index in [1.807, 2.05) is 45.0 Å². The number of hydrogen-bond acceptors (Lipinski definition) is 6. The highest BCUT2D eigenvalue weighted by atomic mass is 31.2. The van der Waals surface area contributed by atoms with E-state index in [4.69, 9.17) is 9.05 Å². The first-order chi connectivity index (χ1) is 12.8. The highest BCUT2D eigenvalue weighted by Crippen LogP contribution is 2.57. The monoisotopic (exact) mass is 392 g/mol. The van der Waals surface area contributed by atoms with Crippen molar-refractivity contribution in [3.63, 3.8) is 0 Å². The lowest BCUT2D eigenvalue weighted by molar-refractivity contribution is 0.211. The van der Waals surface area contributed by atoms with Gasteiger partial charge in [0, 0.05) is 12.4 Å². The van der Waals surface area contributed by atoms with Crippen molar-refractivity contribution >= 4 is 13.3 Å². The van der Waals surface area contributed by atoms with Crippen LogP contribution in [0.15, 0.2) is 36.7 Å². The quantitative estimate of drug-likeness (QED) is 0.570. The largest absolute Gasteiger partial charge is 0.507 e. The van der Waals surface area contributed by atoms with Gasteiger partial charge in [-0.15, -0.1) is 0 Å². The summed E-state index contributed by atoms with van der Waals surface area (Å²) in [6.07, 6.45) is 3.41. The molecule has 1 aromatic heterocycles. The van der Waals surface area contributed by atoms with Crippen LogP contribution in [-0.2, 0) is 13.6 Å². The van der Waals surface area contributed by atoms with Crippen LogP contribution in [0.3, 0.4) is 0 Å². The molecule has 0 radical (unpaired) electrons. The first-order valence-corrected chi connectivity index (χ1v) is 10.8. The predicted octanol–water partition coefficient (Wildman–Crippen LogP) is 5.21. The van der Waals surface area contributed by atoms with Gasteiger partial charge in [0.2, 0.25) is 0 Å². The van der Waals surface area contributed by atoms with Crippen molar-refractivity contribution in [3.8, 4) is 5.75 Å². The molecule has 27 heavy (non-hydrogen) atoms. The minimum Gasteiger partial charge on any atom is -0.507 e. The maximum absolute atomic E-state index is 13.4. The van der Waals surface area contributed by atoms with Crippen molar-refractivity contribution in [2.45, 2.75) is 46.3 Å². The van der Waals surface area contributed by atoms with Gasteiger partial charge in [0.25, 0.3) is 0 Å². The summed E-state index contributed by atoms with van der Waals surface area (Å²) in [5.74, 6) is 0.268. The number of phenolic OH excluding ortho intramolecular Hbond substituents is 1. The first kappa shape index (κ1) is 21.4. The second-order valence-corrected chi connectivity index (χ2v) is 8.89. The minimum atomic E-state index is -3.36. The molecule has 0 amide bonds. The molecule has 0 aliphatic heterocycles. The van der Waals surface area contributed by atoms with Crippen LogP contribution in [0.5, 0.6) is 5.75 Å². The maximum Gasteiger partial charge on any atom is 0.335 e. The second kappa shape index (κ2) is 9.36. The molecule has 148 valence electrons. The molecule has 0 saturated carbocycles. The van der Waals surface area contributed by atoms with E-state index in [9.17, 15) is 9.67 Å². The number of nitrogens with zero attached hydrogens (tertiary/aromatic N) is 1. The average molecular weight is 392 g/mol. The summed E-state index contributed by atoms with van der Waals surface area (Å²) < 4.78 is 24.6. The van der Waals surface area contributed by atoms with Crippen LogP contribution in [0, 0.1) is 13.8 Å². The van der Waals surface area contributed by atoms with E-state index in [2.05, 4.69) is 10.3 Å². The van der Waals surface area contributed by atoms with Gasteiger partial charge in [-0.05, 0) is 63.4 Å². The summed E-state index contributed by atoms with van der Waals surface area (Å²) in [7, 11) is -3.36. The van der Waals surface area contributed by atoms with Crippen molar-refractivity contribution in [1.82, 2.24) is 4.98 Å². The molecule has 2 aromatic rings. The van der Waals surface area contributed by atoms with E-state index in [0.717, 1.165) is 22.4 Å². The number of aromatic nitrogens is 1. The molecule has 0 saturated heterocycles. The van der Waals surface area contributed by atoms with Gasteiger partial charge in [0.1, 0.15) is 5.75 Å². The Morgan fingerprint density at radius 3 is 2.26 bits per heavy atom. The highest BCUT2D eigenvalue weighted by molar-refractivity contribution is 7.54. The molecule has 6 nitrogen and oxygen atoms in total. The number of aryl methyl sites for hydroxylation is 2. The number of pyridine rings is 1. The summed E-state index contributed by atoms with van der Waals surface area (Å²) in [4.78, 5) is 4.14. The van der Waals surface area contributed by atoms with Crippen molar-refractivity contribution in [2.24, 2.45) is 0 Å². The number of hydrogen-bond donors (Lipinski definition) is 2. The fraction of sp³-hybridized carbons (Fsp3) is 0.450. The van der Waals surface area contributed by atoms with Gasteiger partial charge in [0.15, 0.2) is 0 Å². The first-order valence-electron chi connectivity index (χ1n) is 9.17. The van der Waals surface area contributed by atoms with Crippen molar-refractivity contribution in [1.29, 1.82) is 0 Å². The zero-order valence-electron chi connectivity index (χ0n) is 16.6. The molecular formula is C20H29N2O4P. The molecule has 1 heterocycles. The molecular weight excluding hydrogens is 363 g/mol. The Balaban J connectivity index is 2.50. The van der Waals surface area contributed by atoms with Crippen LogP contribution < -0.4 is 5.32 Å². The van der Waals surface area contributed by atoms with Gasteiger partial charge in [-0.3, -0.25) is 9.55 Å². The van der Waals surface area contributed by atoms with E-state index in [1.165, 1.54) is 0 Å². The van der Waals surface area contributed by atoms with E-state index in [1.54, 1.807) is 26.2 Å². The topological polar surface area (TPSA) is 80.7 Å². The SMILES string of the molecule is CCOP(=O)(OCC)C(C)C(Nc1cccnc1)c1cc(C)c(O)c(C)c1. The maximum atomic E-state index is 13.4. The number of rotatable bonds is 9. The number of phenols is 1. The zero-order valence-corrected chi connectivity index (χ0v) is 17.5. The standard InChI is InChI=1S/C20H29N2O4P/c1-6-25-27(24,26-7-2)16(5)19(22-18-9-8-10-21-13-18)17-11-14(3)20(23)15(4)12-17/h8-13,16,19,22-23H,6-7H2,1-5H3. The Morgan fingerprint density at radius 1 is 1.19 bits per heavy atom. The van der Waals surface area contributed by atoms with Gasteiger partial charge in [-0.2, -0.15) is 0 Å². The van der Waals surface area contributed by atoms with Crippen LogP contribution in [-0.4, -0.2) is 29.0 Å². The van der Waals surface area contributed by atoms with Crippen LogP contribution in [0.1, 0.15) is 43.5 Å². The zero-order chi connectivity index (χ0) is 20.0. The summed E-state index contributed by atoms with van der Waals surface area (Å²) in [6, 6.07) is 7.18. The summed E-state index contributed by atoms with van der Waals surface area (Å²) in [6.45, 7) is 9.76. The molecule has 2 rings (SSSR count). The number of aromatic hydroxyl groups is 1. The third kappa shape index (κ3) is 5.10. The number of benzene rings is 1. The second-order valence-electron chi connectivity index (χ2n) is 6.48. The van der Waals surface area contributed by atoms with Crippen LogP contribution in [0.4, 0.5) is 5.69 Å². The van der Waals surface area contributed by atoms with Crippen LogP contribution >= 0.6 is 7.60 Å². The van der Waals surface area contributed by atoms with Gasteiger partial charge in [-0.25, -0.2) is 0 Å². The molecule has 1 aromatic carbocycles. The highest BCUT2D eigenvalue weighted by Gasteiger charge is 2.39. The Labute approximate surface area is 161 Å². The molecule has 0 bridgehead atoms. The molecule has 7 heteroatoms. The van der Waals surface area contributed by atoms with Crippen molar-refractivity contribution in [2.75, 3.05) is 18.5 Å². The summed E-state index contributed by atoms with van der Waals surface area (Å²) in [5, 5.41) is 13.5. The van der Waals surface area contributed by atoms with E-state index >= 15 is 0 Å². The molecule has 2 atom stereocenters. The number of nitrogens with one attached hydrogen (secondary N) is 1. The predicted molar refractivity (Wildman–Crippen MR) is 109 cm³/mol. The lowest BCUT2D eigenvalue weighted by Gasteiger charge is -2.32. The van der Waals surface area contributed by atoms with Gasteiger partial charge in [0.05, 0.1) is 30.6 Å². The van der Waals surface area contributed by atoms with E-state index in [0.29, 0.717) is 13.2 Å². The molecule has 0 fully saturated rings. The Bertz CT molecular complexity index is 765. The summed E-state index contributed by atoms with van der Waals surface area (Å²) in [5.41, 5.74) is 2.77. The molecule has 2 unspecified atom stereocenters. The third-order valence-electron chi connectivity index (χ3n) is 4.46. The third-order valence-corrected chi connectivity index (χ3v) is 6.99. The normalized spacial score (nSPS) is 14.0. The Kier molecular flexibility index (Phi) is 7.42. The smallest absolute Gasteiger partial charge is 0.335 e. The van der Waals surface area contributed by atoms with E-state index in [-0.39, 0.29) is 11.8 Å². The van der Waals surface area contributed by atoms with Crippen molar-refractivity contribution in [3.05, 3.63) is 53.3 Å². The van der Waals surface area contributed by atoms with Crippen LogP contribution in [0.2, 0.25) is 0 Å². The average Bonchev–Trinajstić information content (AvgIpc) is 2.64. The van der Waals surface area contributed by atoms with E-state index < -0.39 is 13.3 Å². The van der Waals surface area contributed by atoms with Gasteiger partial charge >= 0.3 is 7.60 Å². The lowest BCUT2D eigenvalue weighted by Crippen LogP contribution is -2.25. The minimum absolute atomic E-state index is 0.268. The van der Waals surface area contributed by atoms with Crippen molar-refractivity contribution < 1.29 is 18.7 Å². The Hall–Kier alpha value is -1.88. The fourth-order valence-corrected chi connectivity index (χ4v) is 4.97. The lowest BCUT2D eigenvalue weighted by atomic mass is 9.98. The fourth-order valence-electron chi connectivity index (χ4n) is 3.09. The number of anilines is 1. The molecule has 0 aliphatic carbocycles. The Morgan fingerprint density at radius 2 is 1.78 bits per heavy atom. The van der Waals surface area contributed by atoms with Gasteiger partial charge < -0.3 is 19.5 Å². The molecule has 2 N–H and O–H groups in total. The molecule has 0 spiro atoms. The van der Waals surface area contributed by atoms with Gasteiger partial charge in [-0.1, -0.05) is 12.1 Å².